The van der Waals surface area contributed by atoms with Gasteiger partial charge in [0, 0.05) is 12.2 Å². The lowest BCUT2D eigenvalue weighted by atomic mass is 10.1. The van der Waals surface area contributed by atoms with Gasteiger partial charge in [0.2, 0.25) is 0 Å². The van der Waals surface area contributed by atoms with Gasteiger partial charge in [-0.15, -0.1) is 0 Å². The molecule has 9 heteroatoms. The minimum absolute atomic E-state index is 0.0224. The SMILES string of the molecule is COC(=O)c1ccc(CNC(=O)C(O)C(O)C(=O)Nc2ccc(Oc3ccccc3)cc2)cc1. The summed E-state index contributed by atoms with van der Waals surface area (Å²) in [5, 5.41) is 25.0. The van der Waals surface area contributed by atoms with E-state index in [2.05, 4.69) is 15.4 Å². The molecule has 3 aromatic carbocycles. The van der Waals surface area contributed by atoms with E-state index in [-0.39, 0.29) is 6.54 Å². The molecule has 34 heavy (non-hydrogen) atoms. The highest BCUT2D eigenvalue weighted by Crippen LogP contribution is 2.22. The average molecular weight is 464 g/mol. The first-order valence-corrected chi connectivity index (χ1v) is 10.3. The second kappa shape index (κ2) is 11.6. The quantitative estimate of drug-likeness (QED) is 0.357. The molecule has 0 aliphatic rings. The summed E-state index contributed by atoms with van der Waals surface area (Å²) < 4.78 is 10.3. The maximum atomic E-state index is 12.3. The largest absolute Gasteiger partial charge is 0.465 e. The fourth-order valence-electron chi connectivity index (χ4n) is 2.90. The Morgan fingerprint density at radius 2 is 1.38 bits per heavy atom. The minimum atomic E-state index is -1.98. The molecule has 4 N–H and O–H groups in total. The predicted octanol–water partition coefficient (Wildman–Crippen LogP) is 2.24. The maximum absolute atomic E-state index is 12.3. The number of nitrogens with one attached hydrogen (secondary N) is 2. The molecule has 3 aromatic rings. The van der Waals surface area contributed by atoms with Crippen molar-refractivity contribution < 1.29 is 34.1 Å². The molecule has 0 radical (unpaired) electrons. The molecule has 0 saturated carbocycles. The molecule has 0 fully saturated rings. The molecular weight excluding hydrogens is 440 g/mol. The lowest BCUT2D eigenvalue weighted by molar-refractivity contribution is -0.143. The predicted molar refractivity (Wildman–Crippen MR) is 123 cm³/mol. The summed E-state index contributed by atoms with van der Waals surface area (Å²) >= 11 is 0. The number of rotatable bonds is 9. The number of amides is 2. The number of aliphatic hydroxyl groups is 2. The maximum Gasteiger partial charge on any atom is 0.337 e. The van der Waals surface area contributed by atoms with Crippen LogP contribution in [0.3, 0.4) is 0 Å². The van der Waals surface area contributed by atoms with Crippen molar-refractivity contribution in [3.05, 3.63) is 90.0 Å². The van der Waals surface area contributed by atoms with E-state index in [1.165, 1.54) is 19.2 Å². The lowest BCUT2D eigenvalue weighted by Crippen LogP contribution is -2.47. The number of para-hydroxylation sites is 1. The van der Waals surface area contributed by atoms with Gasteiger partial charge in [0.15, 0.2) is 12.2 Å². The van der Waals surface area contributed by atoms with Crippen LogP contribution in [0.25, 0.3) is 0 Å². The molecule has 0 aliphatic heterocycles. The van der Waals surface area contributed by atoms with E-state index in [0.717, 1.165) is 0 Å². The topological polar surface area (TPSA) is 134 Å². The third-order valence-electron chi connectivity index (χ3n) is 4.78. The Morgan fingerprint density at radius 1 is 0.794 bits per heavy atom. The number of carbonyl (C=O) groups is 3. The summed E-state index contributed by atoms with van der Waals surface area (Å²) in [6.07, 6.45) is -3.96. The van der Waals surface area contributed by atoms with Crippen LogP contribution in [0.1, 0.15) is 15.9 Å². The normalized spacial score (nSPS) is 12.2. The summed E-state index contributed by atoms with van der Waals surface area (Å²) in [5.41, 5.74) is 1.34. The lowest BCUT2D eigenvalue weighted by Gasteiger charge is -2.17. The fraction of sp³-hybridized carbons (Fsp3) is 0.160. The van der Waals surface area contributed by atoms with Crippen molar-refractivity contribution in [2.45, 2.75) is 18.8 Å². The zero-order chi connectivity index (χ0) is 24.5. The van der Waals surface area contributed by atoms with E-state index in [1.807, 2.05) is 18.2 Å². The Kier molecular flexibility index (Phi) is 8.33. The molecule has 3 rings (SSSR count). The van der Waals surface area contributed by atoms with E-state index in [1.54, 1.807) is 48.5 Å². The monoisotopic (exact) mass is 464 g/mol. The fourth-order valence-corrected chi connectivity index (χ4v) is 2.90. The van der Waals surface area contributed by atoms with Gasteiger partial charge in [0.25, 0.3) is 11.8 Å². The molecule has 0 saturated heterocycles. The molecule has 2 amide bonds. The number of hydrogen-bond donors (Lipinski definition) is 4. The number of carbonyl (C=O) groups excluding carboxylic acids is 3. The smallest absolute Gasteiger partial charge is 0.337 e. The van der Waals surface area contributed by atoms with Crippen LogP contribution in [0.4, 0.5) is 5.69 Å². The molecule has 0 aromatic heterocycles. The van der Waals surface area contributed by atoms with Gasteiger partial charge in [-0.3, -0.25) is 9.59 Å². The van der Waals surface area contributed by atoms with Gasteiger partial charge in [0.1, 0.15) is 11.5 Å². The van der Waals surface area contributed by atoms with Crippen molar-refractivity contribution in [3.8, 4) is 11.5 Å². The average Bonchev–Trinajstić information content (AvgIpc) is 2.88. The van der Waals surface area contributed by atoms with Crippen molar-refractivity contribution >= 4 is 23.5 Å². The number of methoxy groups -OCH3 is 1. The van der Waals surface area contributed by atoms with E-state index in [9.17, 15) is 24.6 Å². The highest BCUT2D eigenvalue weighted by atomic mass is 16.5. The van der Waals surface area contributed by atoms with Crippen LogP contribution in [-0.2, 0) is 20.9 Å². The molecule has 9 nitrogen and oxygen atoms in total. The van der Waals surface area contributed by atoms with Crippen LogP contribution in [0.15, 0.2) is 78.9 Å². The van der Waals surface area contributed by atoms with Crippen molar-refractivity contribution in [1.29, 1.82) is 0 Å². The van der Waals surface area contributed by atoms with Crippen LogP contribution < -0.4 is 15.4 Å². The van der Waals surface area contributed by atoms with Crippen LogP contribution in [0.5, 0.6) is 11.5 Å². The first-order valence-electron chi connectivity index (χ1n) is 10.3. The number of ether oxygens (including phenoxy) is 2. The van der Waals surface area contributed by atoms with Crippen LogP contribution in [0.2, 0.25) is 0 Å². The summed E-state index contributed by atoms with van der Waals surface area (Å²) in [6.45, 7) is 0.0224. The third-order valence-corrected chi connectivity index (χ3v) is 4.78. The Hall–Kier alpha value is -4.21. The zero-order valence-electron chi connectivity index (χ0n) is 18.3. The number of anilines is 1. The van der Waals surface area contributed by atoms with Crippen molar-refractivity contribution in [2.24, 2.45) is 0 Å². The second-order valence-corrected chi connectivity index (χ2v) is 7.22. The van der Waals surface area contributed by atoms with Gasteiger partial charge in [-0.25, -0.2) is 4.79 Å². The van der Waals surface area contributed by atoms with E-state index in [4.69, 9.17) is 4.74 Å². The number of hydrogen-bond acceptors (Lipinski definition) is 7. The molecule has 2 atom stereocenters. The van der Waals surface area contributed by atoms with Crippen LogP contribution in [0, 0.1) is 0 Å². The minimum Gasteiger partial charge on any atom is -0.465 e. The van der Waals surface area contributed by atoms with Crippen molar-refractivity contribution in [2.75, 3.05) is 12.4 Å². The first kappa shape index (κ1) is 24.4. The number of esters is 1. The van der Waals surface area contributed by atoms with Gasteiger partial charge < -0.3 is 30.3 Å². The molecule has 0 spiro atoms. The highest BCUT2D eigenvalue weighted by Gasteiger charge is 2.30. The Bertz CT molecular complexity index is 1120. The molecule has 0 heterocycles. The Morgan fingerprint density at radius 3 is 2.00 bits per heavy atom. The summed E-state index contributed by atoms with van der Waals surface area (Å²) in [4.78, 5) is 35.9. The van der Waals surface area contributed by atoms with E-state index in [0.29, 0.717) is 28.3 Å². The molecule has 0 aliphatic carbocycles. The van der Waals surface area contributed by atoms with Crippen molar-refractivity contribution in [3.63, 3.8) is 0 Å². The summed E-state index contributed by atoms with van der Waals surface area (Å²) in [6, 6.07) is 21.8. The standard InChI is InChI=1S/C25H24N2O7/c1-33-25(32)17-9-7-16(8-10-17)15-26-23(30)21(28)22(29)24(31)27-18-11-13-20(14-12-18)34-19-5-3-2-4-6-19/h2-14,21-22,28-29H,15H2,1H3,(H,26,30)(H,27,31). The van der Waals surface area contributed by atoms with Gasteiger partial charge in [-0.1, -0.05) is 30.3 Å². The van der Waals surface area contributed by atoms with Gasteiger partial charge in [-0.05, 0) is 54.1 Å². The first-order chi connectivity index (χ1) is 16.4. The Balaban J connectivity index is 1.49. The van der Waals surface area contributed by atoms with Gasteiger partial charge >= 0.3 is 5.97 Å². The zero-order valence-corrected chi connectivity index (χ0v) is 18.3. The molecule has 2 unspecified atom stereocenters. The van der Waals surface area contributed by atoms with Crippen LogP contribution in [-0.4, -0.2) is 47.3 Å². The number of aliphatic hydroxyl groups excluding tert-OH is 2. The highest BCUT2D eigenvalue weighted by molar-refractivity contribution is 5.98. The van der Waals surface area contributed by atoms with Gasteiger partial charge in [0.05, 0.1) is 12.7 Å². The third kappa shape index (κ3) is 6.64. The second-order valence-electron chi connectivity index (χ2n) is 7.22. The van der Waals surface area contributed by atoms with Gasteiger partial charge in [-0.2, -0.15) is 0 Å². The molecule has 176 valence electrons. The molecular formula is C25H24N2O7. The van der Waals surface area contributed by atoms with Crippen molar-refractivity contribution in [1.82, 2.24) is 5.32 Å². The summed E-state index contributed by atoms with van der Waals surface area (Å²) in [7, 11) is 1.27. The van der Waals surface area contributed by atoms with E-state index < -0.39 is 30.0 Å². The molecule has 0 bridgehead atoms. The van der Waals surface area contributed by atoms with E-state index >= 15 is 0 Å². The number of benzene rings is 3. The summed E-state index contributed by atoms with van der Waals surface area (Å²) in [5.74, 6) is -1.15. The van der Waals surface area contributed by atoms with Crippen LogP contribution >= 0.6 is 0 Å². The Labute approximate surface area is 196 Å².